The van der Waals surface area contributed by atoms with Crippen molar-refractivity contribution in [3.05, 3.63) is 28.2 Å². The maximum atomic E-state index is 5.88. The van der Waals surface area contributed by atoms with Crippen molar-refractivity contribution < 1.29 is 0 Å². The molecule has 1 nitrogen and oxygen atoms in total. The summed E-state index contributed by atoms with van der Waals surface area (Å²) in [7, 11) is 0. The highest BCUT2D eigenvalue weighted by molar-refractivity contribution is 9.10. The molecule has 0 amide bonds. The molecule has 3 heteroatoms. The summed E-state index contributed by atoms with van der Waals surface area (Å²) in [6.45, 7) is 3.42. The fourth-order valence-electron chi connectivity index (χ4n) is 2.06. The largest absolute Gasteiger partial charge is 0.369 e. The number of halogens is 2. The summed E-state index contributed by atoms with van der Waals surface area (Å²) in [5.41, 5.74) is 2.50. The lowest BCUT2D eigenvalue weighted by Crippen LogP contribution is -2.26. The fourth-order valence-corrected chi connectivity index (χ4v) is 2.96. The Labute approximate surface area is 117 Å². The van der Waals surface area contributed by atoms with Gasteiger partial charge in [0.1, 0.15) is 0 Å². The predicted octanol–water partition coefficient (Wildman–Crippen LogP) is 4.96. The van der Waals surface area contributed by atoms with E-state index in [1.165, 1.54) is 43.5 Å². The molecule has 17 heavy (non-hydrogen) atoms. The van der Waals surface area contributed by atoms with Crippen molar-refractivity contribution in [2.24, 2.45) is 0 Å². The van der Waals surface area contributed by atoms with E-state index in [0.717, 1.165) is 10.5 Å². The number of unbranched alkanes of at least 4 members (excludes halogenated alkanes) is 1. The summed E-state index contributed by atoms with van der Waals surface area (Å²) < 4.78 is 1.13. The van der Waals surface area contributed by atoms with Crippen molar-refractivity contribution in [2.45, 2.75) is 44.5 Å². The SMILES string of the molecule is CCCCN(c1ccc(CCl)c(Br)c1)C1CC1. The lowest BCUT2D eigenvalue weighted by molar-refractivity contribution is 0.713. The molecular weight excluding hydrogens is 298 g/mol. The highest BCUT2D eigenvalue weighted by Gasteiger charge is 2.28. The zero-order valence-corrected chi connectivity index (χ0v) is 12.6. The van der Waals surface area contributed by atoms with Crippen LogP contribution in [0.4, 0.5) is 5.69 Å². The number of nitrogens with zero attached hydrogens (tertiary/aromatic N) is 1. The normalized spacial score (nSPS) is 15.0. The molecule has 1 aliphatic carbocycles. The van der Waals surface area contributed by atoms with Gasteiger partial charge in [0, 0.05) is 28.6 Å². The topological polar surface area (TPSA) is 3.24 Å². The monoisotopic (exact) mass is 315 g/mol. The zero-order valence-electron chi connectivity index (χ0n) is 10.3. The van der Waals surface area contributed by atoms with Crippen LogP contribution in [-0.2, 0) is 5.88 Å². The Balaban J connectivity index is 2.14. The maximum Gasteiger partial charge on any atom is 0.0485 e. The molecule has 0 unspecified atom stereocenters. The van der Waals surface area contributed by atoms with Gasteiger partial charge in [-0.3, -0.25) is 0 Å². The molecule has 1 fully saturated rings. The first-order valence-corrected chi connectivity index (χ1v) is 7.70. The molecule has 0 aliphatic heterocycles. The number of hydrogen-bond donors (Lipinski definition) is 0. The minimum absolute atomic E-state index is 0.569. The molecule has 0 N–H and O–H groups in total. The van der Waals surface area contributed by atoms with E-state index in [4.69, 9.17) is 11.6 Å². The van der Waals surface area contributed by atoms with Gasteiger partial charge in [-0.25, -0.2) is 0 Å². The van der Waals surface area contributed by atoms with E-state index in [-0.39, 0.29) is 0 Å². The molecule has 1 aromatic carbocycles. The van der Waals surface area contributed by atoms with Crippen LogP contribution in [0.2, 0.25) is 0 Å². The predicted molar refractivity (Wildman–Crippen MR) is 79.0 cm³/mol. The van der Waals surface area contributed by atoms with Crippen molar-refractivity contribution in [3.63, 3.8) is 0 Å². The van der Waals surface area contributed by atoms with Crippen LogP contribution in [0.15, 0.2) is 22.7 Å². The van der Waals surface area contributed by atoms with Crippen LogP contribution in [0.25, 0.3) is 0 Å². The Kier molecular flexibility index (Phi) is 4.75. The summed E-state index contributed by atoms with van der Waals surface area (Å²) in [5, 5.41) is 0. The third-order valence-electron chi connectivity index (χ3n) is 3.25. The number of hydrogen-bond acceptors (Lipinski definition) is 1. The number of rotatable bonds is 6. The van der Waals surface area contributed by atoms with Crippen LogP contribution in [0.3, 0.4) is 0 Å². The van der Waals surface area contributed by atoms with E-state index in [2.05, 4.69) is 46.0 Å². The van der Waals surface area contributed by atoms with Gasteiger partial charge in [-0.2, -0.15) is 0 Å². The van der Waals surface area contributed by atoms with Crippen molar-refractivity contribution in [3.8, 4) is 0 Å². The van der Waals surface area contributed by atoms with E-state index in [1.807, 2.05) is 0 Å². The molecular formula is C14H19BrClN. The number of benzene rings is 1. The van der Waals surface area contributed by atoms with Gasteiger partial charge < -0.3 is 4.90 Å². The van der Waals surface area contributed by atoms with Crippen LogP contribution < -0.4 is 4.90 Å². The summed E-state index contributed by atoms with van der Waals surface area (Å²) in [6, 6.07) is 7.32. The Morgan fingerprint density at radius 1 is 1.41 bits per heavy atom. The van der Waals surface area contributed by atoms with Gasteiger partial charge >= 0.3 is 0 Å². The second kappa shape index (κ2) is 6.10. The lowest BCUT2D eigenvalue weighted by Gasteiger charge is -2.25. The fraction of sp³-hybridized carbons (Fsp3) is 0.571. The first-order valence-electron chi connectivity index (χ1n) is 6.37. The van der Waals surface area contributed by atoms with E-state index in [9.17, 15) is 0 Å². The molecule has 0 saturated heterocycles. The molecule has 0 spiro atoms. The maximum absolute atomic E-state index is 5.88. The molecule has 94 valence electrons. The number of anilines is 1. The van der Waals surface area contributed by atoms with Crippen LogP contribution in [0.5, 0.6) is 0 Å². The van der Waals surface area contributed by atoms with Crippen LogP contribution in [-0.4, -0.2) is 12.6 Å². The van der Waals surface area contributed by atoms with E-state index in [1.54, 1.807) is 0 Å². The van der Waals surface area contributed by atoms with Gasteiger partial charge in [0.15, 0.2) is 0 Å². The molecule has 1 aliphatic rings. The second-order valence-corrected chi connectivity index (χ2v) is 5.81. The van der Waals surface area contributed by atoms with E-state index in [0.29, 0.717) is 5.88 Å². The quantitative estimate of drug-likeness (QED) is 0.671. The average Bonchev–Trinajstić information content (AvgIpc) is 3.14. The standard InChI is InChI=1S/C14H19BrClN/c1-2-3-8-17(12-6-7-12)13-5-4-11(10-16)14(15)9-13/h4-5,9,12H,2-3,6-8,10H2,1H3. The van der Waals surface area contributed by atoms with E-state index < -0.39 is 0 Å². The lowest BCUT2D eigenvalue weighted by atomic mass is 10.2. The third-order valence-corrected chi connectivity index (χ3v) is 4.28. The summed E-state index contributed by atoms with van der Waals surface area (Å²) in [4.78, 5) is 2.55. The summed E-state index contributed by atoms with van der Waals surface area (Å²) in [6.07, 6.45) is 5.21. The first kappa shape index (κ1) is 13.2. The van der Waals surface area contributed by atoms with Gasteiger partial charge in [0.2, 0.25) is 0 Å². The molecule has 1 saturated carbocycles. The Bertz CT molecular complexity index is 376. The highest BCUT2D eigenvalue weighted by atomic mass is 79.9. The Hall–Kier alpha value is -0.210. The molecule has 0 aromatic heterocycles. The van der Waals surface area contributed by atoms with E-state index >= 15 is 0 Å². The van der Waals surface area contributed by atoms with Crippen LogP contribution >= 0.6 is 27.5 Å². The second-order valence-electron chi connectivity index (χ2n) is 4.69. The third kappa shape index (κ3) is 3.38. The molecule has 0 atom stereocenters. The van der Waals surface area contributed by atoms with Crippen LogP contribution in [0, 0.1) is 0 Å². The van der Waals surface area contributed by atoms with Gasteiger partial charge in [-0.1, -0.05) is 35.3 Å². The van der Waals surface area contributed by atoms with Gasteiger partial charge in [-0.15, -0.1) is 11.6 Å². The van der Waals surface area contributed by atoms with Crippen molar-refractivity contribution >= 4 is 33.2 Å². The van der Waals surface area contributed by atoms with Gasteiger partial charge in [0.05, 0.1) is 0 Å². The molecule has 0 heterocycles. The minimum Gasteiger partial charge on any atom is -0.369 e. The van der Waals surface area contributed by atoms with Crippen molar-refractivity contribution in [2.75, 3.05) is 11.4 Å². The average molecular weight is 317 g/mol. The Morgan fingerprint density at radius 3 is 2.71 bits per heavy atom. The first-order chi connectivity index (χ1) is 8.26. The molecule has 1 aromatic rings. The van der Waals surface area contributed by atoms with Crippen molar-refractivity contribution in [1.82, 2.24) is 0 Å². The van der Waals surface area contributed by atoms with Gasteiger partial charge in [-0.05, 0) is 37.0 Å². The molecule has 0 radical (unpaired) electrons. The minimum atomic E-state index is 0.569. The van der Waals surface area contributed by atoms with Crippen molar-refractivity contribution in [1.29, 1.82) is 0 Å². The zero-order chi connectivity index (χ0) is 12.3. The molecule has 0 bridgehead atoms. The molecule has 2 rings (SSSR count). The summed E-state index contributed by atoms with van der Waals surface area (Å²) in [5.74, 6) is 0.569. The van der Waals surface area contributed by atoms with Gasteiger partial charge in [0.25, 0.3) is 0 Å². The smallest absolute Gasteiger partial charge is 0.0485 e. The summed E-state index contributed by atoms with van der Waals surface area (Å²) >= 11 is 9.48. The highest BCUT2D eigenvalue weighted by Crippen LogP contribution is 2.34. The Morgan fingerprint density at radius 2 is 2.18 bits per heavy atom. The number of alkyl halides is 1. The van der Waals surface area contributed by atoms with Crippen LogP contribution in [0.1, 0.15) is 38.2 Å².